The summed E-state index contributed by atoms with van der Waals surface area (Å²) in [5.74, 6) is 0.852. The van der Waals surface area contributed by atoms with Gasteiger partial charge in [-0.05, 0) is 37.7 Å². The van der Waals surface area contributed by atoms with Crippen molar-refractivity contribution in [3.05, 3.63) is 35.9 Å². The fourth-order valence-corrected chi connectivity index (χ4v) is 3.84. The molecule has 2 aliphatic rings. The monoisotopic (exact) mass is 516 g/mol. The summed E-state index contributed by atoms with van der Waals surface area (Å²) in [5.41, 5.74) is 1.40. The molecule has 0 radical (unpaired) electrons. The second kappa shape index (κ2) is 14.2. The fraction of sp³-hybridized carbons (Fsp3) is 0.682. The van der Waals surface area contributed by atoms with Crippen molar-refractivity contribution in [3.8, 4) is 0 Å². The van der Waals surface area contributed by atoms with Gasteiger partial charge in [-0.3, -0.25) is 9.89 Å². The predicted octanol–water partition coefficient (Wildman–Crippen LogP) is 3.02. The van der Waals surface area contributed by atoms with Gasteiger partial charge >= 0.3 is 0 Å². The van der Waals surface area contributed by atoms with E-state index >= 15 is 0 Å². The molecular weight excluding hydrogens is 479 g/mol. The molecule has 0 aromatic heterocycles. The summed E-state index contributed by atoms with van der Waals surface area (Å²) in [5, 5.41) is 6.70. The van der Waals surface area contributed by atoms with Crippen LogP contribution in [-0.4, -0.2) is 69.5 Å². The second-order valence-electron chi connectivity index (χ2n) is 7.70. The number of likely N-dealkylation sites (tertiary alicyclic amines) is 1. The minimum atomic E-state index is 0. The fourth-order valence-electron chi connectivity index (χ4n) is 3.84. The van der Waals surface area contributed by atoms with Gasteiger partial charge in [-0.2, -0.15) is 0 Å². The molecule has 1 unspecified atom stereocenters. The summed E-state index contributed by atoms with van der Waals surface area (Å²) in [6.07, 6.45) is 6.29. The SMILES string of the molecule is CN=C(NCCCOC1CCN(Cc2ccccc2)CC1)NCC1CCCO1.I. The first-order valence-electron chi connectivity index (χ1n) is 10.8. The normalized spacial score (nSPS) is 21.0. The van der Waals surface area contributed by atoms with E-state index in [1.807, 2.05) is 7.05 Å². The van der Waals surface area contributed by atoms with Crippen LogP contribution in [0.25, 0.3) is 0 Å². The molecule has 0 amide bonds. The molecule has 2 heterocycles. The number of ether oxygens (including phenoxy) is 2. The van der Waals surface area contributed by atoms with E-state index in [-0.39, 0.29) is 24.0 Å². The number of nitrogens with zero attached hydrogens (tertiary/aromatic N) is 2. The number of rotatable bonds is 9. The van der Waals surface area contributed by atoms with Gasteiger partial charge in [-0.1, -0.05) is 30.3 Å². The lowest BCUT2D eigenvalue weighted by atomic mass is 10.1. The second-order valence-corrected chi connectivity index (χ2v) is 7.70. The highest BCUT2D eigenvalue weighted by Gasteiger charge is 2.19. The van der Waals surface area contributed by atoms with Crippen LogP contribution in [-0.2, 0) is 16.0 Å². The number of aliphatic imine (C=N–C) groups is 1. The standard InChI is InChI=1S/C22H36N4O2.HI/c1-23-22(25-17-21-9-5-15-28-21)24-12-6-16-27-20-10-13-26(14-11-20)18-19-7-3-2-4-8-19;/h2-4,7-8,20-21H,5-6,9-18H2,1H3,(H2,23,24,25);1H. The summed E-state index contributed by atoms with van der Waals surface area (Å²) in [7, 11) is 1.81. The molecule has 2 N–H and O–H groups in total. The summed E-state index contributed by atoms with van der Waals surface area (Å²) in [6.45, 7) is 6.69. The Morgan fingerprint density at radius 2 is 1.97 bits per heavy atom. The molecule has 3 rings (SSSR count). The lowest BCUT2D eigenvalue weighted by Gasteiger charge is -2.32. The maximum Gasteiger partial charge on any atom is 0.191 e. The van der Waals surface area contributed by atoms with Gasteiger partial charge in [0.05, 0.1) is 12.2 Å². The molecule has 1 atom stereocenters. The maximum absolute atomic E-state index is 6.09. The van der Waals surface area contributed by atoms with E-state index in [4.69, 9.17) is 9.47 Å². The summed E-state index contributed by atoms with van der Waals surface area (Å²) in [6, 6.07) is 10.7. The van der Waals surface area contributed by atoms with E-state index < -0.39 is 0 Å². The number of piperidine rings is 1. The third kappa shape index (κ3) is 9.19. The predicted molar refractivity (Wildman–Crippen MR) is 129 cm³/mol. The molecule has 7 heteroatoms. The quantitative estimate of drug-likeness (QED) is 0.229. The van der Waals surface area contributed by atoms with Crippen molar-refractivity contribution in [1.29, 1.82) is 0 Å². The van der Waals surface area contributed by atoms with Crippen LogP contribution in [0.4, 0.5) is 0 Å². The van der Waals surface area contributed by atoms with Crippen LogP contribution >= 0.6 is 24.0 Å². The van der Waals surface area contributed by atoms with Crippen LogP contribution in [0.1, 0.15) is 37.7 Å². The number of guanidine groups is 1. The minimum absolute atomic E-state index is 0. The van der Waals surface area contributed by atoms with Gasteiger partial charge < -0.3 is 20.1 Å². The first kappa shape index (κ1) is 24.4. The maximum atomic E-state index is 6.09. The average molecular weight is 516 g/mol. The Morgan fingerprint density at radius 3 is 2.66 bits per heavy atom. The zero-order chi connectivity index (χ0) is 19.4. The molecule has 29 heavy (non-hydrogen) atoms. The first-order valence-corrected chi connectivity index (χ1v) is 10.8. The van der Waals surface area contributed by atoms with E-state index in [0.717, 1.165) is 77.6 Å². The van der Waals surface area contributed by atoms with Crippen molar-refractivity contribution in [2.24, 2.45) is 4.99 Å². The largest absolute Gasteiger partial charge is 0.378 e. The Morgan fingerprint density at radius 1 is 1.17 bits per heavy atom. The molecule has 0 saturated carbocycles. The molecule has 2 saturated heterocycles. The number of benzene rings is 1. The molecule has 0 aliphatic carbocycles. The molecule has 2 aliphatic heterocycles. The van der Waals surface area contributed by atoms with Gasteiger partial charge in [-0.15, -0.1) is 24.0 Å². The van der Waals surface area contributed by atoms with Gasteiger partial charge in [0, 0.05) is 53.0 Å². The first-order chi connectivity index (χ1) is 13.8. The topological polar surface area (TPSA) is 58.1 Å². The third-order valence-corrected chi connectivity index (χ3v) is 5.50. The Hall–Kier alpha value is -0.900. The van der Waals surface area contributed by atoms with Gasteiger partial charge in [0.25, 0.3) is 0 Å². The number of hydrogen-bond acceptors (Lipinski definition) is 4. The van der Waals surface area contributed by atoms with E-state index in [9.17, 15) is 0 Å². The van der Waals surface area contributed by atoms with Crippen LogP contribution in [0.5, 0.6) is 0 Å². The lowest BCUT2D eigenvalue weighted by Crippen LogP contribution is -2.41. The minimum Gasteiger partial charge on any atom is -0.378 e. The lowest BCUT2D eigenvalue weighted by molar-refractivity contribution is 0.00534. The van der Waals surface area contributed by atoms with Gasteiger partial charge in [0.15, 0.2) is 5.96 Å². The van der Waals surface area contributed by atoms with Gasteiger partial charge in [-0.25, -0.2) is 0 Å². The molecule has 1 aromatic carbocycles. The van der Waals surface area contributed by atoms with Crippen LogP contribution in [0, 0.1) is 0 Å². The van der Waals surface area contributed by atoms with E-state index in [2.05, 4.69) is 50.9 Å². The average Bonchev–Trinajstić information content (AvgIpc) is 3.26. The highest BCUT2D eigenvalue weighted by Crippen LogP contribution is 2.16. The third-order valence-electron chi connectivity index (χ3n) is 5.50. The molecule has 164 valence electrons. The Labute approximate surface area is 192 Å². The van der Waals surface area contributed by atoms with Crippen molar-refractivity contribution in [2.45, 2.75) is 50.9 Å². The van der Waals surface area contributed by atoms with Gasteiger partial charge in [0.1, 0.15) is 0 Å². The summed E-state index contributed by atoms with van der Waals surface area (Å²) in [4.78, 5) is 6.80. The number of nitrogens with one attached hydrogen (secondary N) is 2. The van der Waals surface area contributed by atoms with Crippen LogP contribution in [0.2, 0.25) is 0 Å². The number of hydrogen-bond donors (Lipinski definition) is 2. The molecule has 6 nitrogen and oxygen atoms in total. The Kier molecular flexibility index (Phi) is 11.9. The highest BCUT2D eigenvalue weighted by atomic mass is 127. The van der Waals surface area contributed by atoms with Crippen molar-refractivity contribution < 1.29 is 9.47 Å². The van der Waals surface area contributed by atoms with E-state index in [1.54, 1.807) is 0 Å². The molecule has 2 fully saturated rings. The van der Waals surface area contributed by atoms with Gasteiger partial charge in [0.2, 0.25) is 0 Å². The summed E-state index contributed by atoms with van der Waals surface area (Å²) >= 11 is 0. The molecule has 0 bridgehead atoms. The van der Waals surface area contributed by atoms with Crippen LogP contribution in [0.15, 0.2) is 35.3 Å². The van der Waals surface area contributed by atoms with E-state index in [1.165, 1.54) is 12.0 Å². The zero-order valence-electron chi connectivity index (χ0n) is 17.6. The van der Waals surface area contributed by atoms with Crippen molar-refractivity contribution >= 4 is 29.9 Å². The molecule has 1 aromatic rings. The number of halogens is 1. The van der Waals surface area contributed by atoms with Crippen LogP contribution < -0.4 is 10.6 Å². The smallest absolute Gasteiger partial charge is 0.191 e. The van der Waals surface area contributed by atoms with Crippen molar-refractivity contribution in [3.63, 3.8) is 0 Å². The molecular formula is C22H37IN4O2. The highest BCUT2D eigenvalue weighted by molar-refractivity contribution is 14.0. The van der Waals surface area contributed by atoms with Crippen LogP contribution in [0.3, 0.4) is 0 Å². The van der Waals surface area contributed by atoms with E-state index in [0.29, 0.717) is 12.2 Å². The van der Waals surface area contributed by atoms with Crippen molar-refractivity contribution in [1.82, 2.24) is 15.5 Å². The molecule has 0 spiro atoms. The zero-order valence-corrected chi connectivity index (χ0v) is 20.0. The Balaban J connectivity index is 0.00000300. The summed E-state index contributed by atoms with van der Waals surface area (Å²) < 4.78 is 11.7. The van der Waals surface area contributed by atoms with Crippen molar-refractivity contribution in [2.75, 3.05) is 46.4 Å². The Bertz CT molecular complexity index is 573.